The Bertz CT molecular complexity index is 277. The van der Waals surface area contributed by atoms with Gasteiger partial charge in [-0.15, -0.1) is 0 Å². The van der Waals surface area contributed by atoms with Crippen LogP contribution in [0.4, 0.5) is 0 Å². The highest BCUT2D eigenvalue weighted by molar-refractivity contribution is 5.29. The van der Waals surface area contributed by atoms with Crippen LogP contribution in [0.5, 0.6) is 0 Å². The van der Waals surface area contributed by atoms with Crippen LogP contribution in [-0.4, -0.2) is 12.6 Å². The molecule has 0 amide bonds. The van der Waals surface area contributed by atoms with Crippen molar-refractivity contribution in [1.82, 2.24) is 5.32 Å². The van der Waals surface area contributed by atoms with E-state index in [-0.39, 0.29) is 0 Å². The van der Waals surface area contributed by atoms with Gasteiger partial charge in [0, 0.05) is 6.04 Å². The van der Waals surface area contributed by atoms with E-state index >= 15 is 0 Å². The molecule has 3 aliphatic rings. The Labute approximate surface area is 86.3 Å². The Morgan fingerprint density at radius 3 is 3.29 bits per heavy atom. The van der Waals surface area contributed by atoms with E-state index in [1.165, 1.54) is 38.6 Å². The fourth-order valence-corrected chi connectivity index (χ4v) is 3.45. The van der Waals surface area contributed by atoms with Gasteiger partial charge in [0.05, 0.1) is 0 Å². The van der Waals surface area contributed by atoms with Crippen molar-refractivity contribution >= 4 is 0 Å². The van der Waals surface area contributed by atoms with E-state index in [9.17, 15) is 0 Å². The molecule has 3 atom stereocenters. The summed E-state index contributed by atoms with van der Waals surface area (Å²) in [4.78, 5) is 0. The van der Waals surface area contributed by atoms with Crippen molar-refractivity contribution in [2.75, 3.05) is 6.54 Å². The third-order valence-electron chi connectivity index (χ3n) is 4.14. The number of allylic oxidation sites excluding steroid dienone is 3. The van der Waals surface area contributed by atoms with Crippen molar-refractivity contribution in [3.8, 4) is 0 Å². The Morgan fingerprint density at radius 1 is 1.29 bits per heavy atom. The maximum atomic E-state index is 3.69. The smallest absolute Gasteiger partial charge is 0.0136 e. The highest BCUT2D eigenvalue weighted by Gasteiger charge is 2.35. The topological polar surface area (TPSA) is 12.0 Å². The van der Waals surface area contributed by atoms with E-state index < -0.39 is 0 Å². The first kappa shape index (κ1) is 8.72. The van der Waals surface area contributed by atoms with Crippen LogP contribution in [0.1, 0.15) is 32.1 Å². The summed E-state index contributed by atoms with van der Waals surface area (Å²) in [5.74, 6) is 1.82. The first-order valence-electron chi connectivity index (χ1n) is 6.05. The van der Waals surface area contributed by atoms with Crippen molar-refractivity contribution in [3.05, 3.63) is 23.8 Å². The van der Waals surface area contributed by atoms with Gasteiger partial charge >= 0.3 is 0 Å². The molecule has 0 aromatic rings. The second kappa shape index (κ2) is 3.54. The molecule has 0 saturated carbocycles. The Morgan fingerprint density at radius 2 is 2.29 bits per heavy atom. The van der Waals surface area contributed by atoms with Gasteiger partial charge in [-0.25, -0.2) is 0 Å². The quantitative estimate of drug-likeness (QED) is 0.617. The molecule has 1 nitrogen and oxygen atoms in total. The second-order valence-electron chi connectivity index (χ2n) is 4.89. The Kier molecular flexibility index (Phi) is 2.21. The Balaban J connectivity index is 1.88. The summed E-state index contributed by atoms with van der Waals surface area (Å²) >= 11 is 0. The first-order chi connectivity index (χ1) is 6.95. The van der Waals surface area contributed by atoms with Crippen molar-refractivity contribution in [1.29, 1.82) is 0 Å². The number of hydrogen-bond donors (Lipinski definition) is 1. The zero-order valence-electron chi connectivity index (χ0n) is 8.71. The van der Waals surface area contributed by atoms with Crippen LogP contribution in [0.25, 0.3) is 0 Å². The normalized spacial score (nSPS) is 41.1. The molecule has 0 spiro atoms. The average Bonchev–Trinajstić information content (AvgIpc) is 2.29. The second-order valence-corrected chi connectivity index (χ2v) is 4.89. The van der Waals surface area contributed by atoms with Crippen LogP contribution in [0.3, 0.4) is 0 Å². The summed E-state index contributed by atoms with van der Waals surface area (Å²) < 4.78 is 0. The van der Waals surface area contributed by atoms with Gasteiger partial charge in [0.2, 0.25) is 0 Å². The highest BCUT2D eigenvalue weighted by atomic mass is 14.9. The van der Waals surface area contributed by atoms with E-state index in [4.69, 9.17) is 0 Å². The number of piperidine rings is 1. The van der Waals surface area contributed by atoms with Crippen molar-refractivity contribution < 1.29 is 0 Å². The molecule has 3 rings (SSSR count). The predicted octanol–water partition coefficient (Wildman–Crippen LogP) is 2.65. The van der Waals surface area contributed by atoms with E-state index in [0.29, 0.717) is 0 Å². The zero-order valence-corrected chi connectivity index (χ0v) is 8.71. The minimum Gasteiger partial charge on any atom is -0.313 e. The average molecular weight is 189 g/mol. The van der Waals surface area contributed by atoms with Gasteiger partial charge in [0.25, 0.3) is 0 Å². The molecule has 1 aliphatic heterocycles. The predicted molar refractivity (Wildman–Crippen MR) is 59.1 cm³/mol. The highest BCUT2D eigenvalue weighted by Crippen LogP contribution is 2.40. The molecular weight excluding hydrogens is 170 g/mol. The molecule has 76 valence electrons. The van der Waals surface area contributed by atoms with Crippen molar-refractivity contribution in [2.45, 2.75) is 38.1 Å². The lowest BCUT2D eigenvalue weighted by molar-refractivity contribution is 0.199. The summed E-state index contributed by atoms with van der Waals surface area (Å²) in [5.41, 5.74) is 1.64. The lowest BCUT2D eigenvalue weighted by Crippen LogP contribution is -2.46. The summed E-state index contributed by atoms with van der Waals surface area (Å²) in [5, 5.41) is 3.69. The molecule has 1 fully saturated rings. The molecule has 2 aliphatic carbocycles. The minimum atomic E-state index is 0.795. The van der Waals surface area contributed by atoms with Gasteiger partial charge in [-0.3, -0.25) is 0 Å². The molecule has 0 bridgehead atoms. The van der Waals surface area contributed by atoms with Gasteiger partial charge < -0.3 is 5.32 Å². The SMILES string of the molecule is C1=CC2=CCC3NCCCC3C2CC1. The largest absolute Gasteiger partial charge is 0.313 e. The van der Waals surface area contributed by atoms with Crippen LogP contribution in [0.15, 0.2) is 23.8 Å². The van der Waals surface area contributed by atoms with Gasteiger partial charge in [0.15, 0.2) is 0 Å². The third kappa shape index (κ3) is 1.35. The molecular formula is C13H19N. The van der Waals surface area contributed by atoms with E-state index in [0.717, 1.165) is 17.9 Å². The van der Waals surface area contributed by atoms with E-state index in [2.05, 4.69) is 23.5 Å². The zero-order chi connectivity index (χ0) is 9.38. The van der Waals surface area contributed by atoms with Crippen LogP contribution >= 0.6 is 0 Å². The summed E-state index contributed by atoms with van der Waals surface area (Å²) in [6.07, 6.45) is 14.0. The molecule has 0 radical (unpaired) electrons. The van der Waals surface area contributed by atoms with Crippen LogP contribution < -0.4 is 5.32 Å². The summed E-state index contributed by atoms with van der Waals surface area (Å²) in [6.45, 7) is 1.24. The molecule has 14 heavy (non-hydrogen) atoms. The number of rotatable bonds is 0. The summed E-state index contributed by atoms with van der Waals surface area (Å²) in [6, 6.07) is 0.795. The van der Waals surface area contributed by atoms with Gasteiger partial charge in [-0.2, -0.15) is 0 Å². The first-order valence-corrected chi connectivity index (χ1v) is 6.05. The van der Waals surface area contributed by atoms with Crippen molar-refractivity contribution in [3.63, 3.8) is 0 Å². The molecule has 1 saturated heterocycles. The number of fused-ring (bicyclic) bond motifs is 3. The fraction of sp³-hybridized carbons (Fsp3) is 0.692. The minimum absolute atomic E-state index is 0.795. The fourth-order valence-electron chi connectivity index (χ4n) is 3.45. The van der Waals surface area contributed by atoms with Crippen LogP contribution in [0, 0.1) is 11.8 Å². The van der Waals surface area contributed by atoms with E-state index in [1.54, 1.807) is 5.57 Å². The lowest BCUT2D eigenvalue weighted by Gasteiger charge is -2.42. The van der Waals surface area contributed by atoms with Crippen molar-refractivity contribution in [2.24, 2.45) is 11.8 Å². The molecule has 3 unspecified atom stereocenters. The molecule has 1 N–H and O–H groups in total. The monoisotopic (exact) mass is 189 g/mol. The molecule has 0 aromatic carbocycles. The van der Waals surface area contributed by atoms with E-state index in [1.807, 2.05) is 0 Å². The van der Waals surface area contributed by atoms with Crippen LogP contribution in [0.2, 0.25) is 0 Å². The maximum absolute atomic E-state index is 3.69. The molecule has 0 aromatic heterocycles. The number of hydrogen-bond acceptors (Lipinski definition) is 1. The number of nitrogens with one attached hydrogen (secondary N) is 1. The van der Waals surface area contributed by atoms with Gasteiger partial charge in [0.1, 0.15) is 0 Å². The van der Waals surface area contributed by atoms with Gasteiger partial charge in [-0.1, -0.05) is 18.2 Å². The van der Waals surface area contributed by atoms with Crippen LogP contribution in [-0.2, 0) is 0 Å². The molecule has 1 heteroatoms. The van der Waals surface area contributed by atoms with Gasteiger partial charge in [-0.05, 0) is 56.1 Å². The lowest BCUT2D eigenvalue weighted by atomic mass is 9.68. The Hall–Kier alpha value is -0.560. The molecule has 1 heterocycles. The summed E-state index contributed by atoms with van der Waals surface area (Å²) in [7, 11) is 0. The third-order valence-corrected chi connectivity index (χ3v) is 4.14. The maximum Gasteiger partial charge on any atom is 0.0136 e. The standard InChI is InChI=1S/C13H19N/c1-2-5-11-10(4-1)7-8-13-12(11)6-3-9-14-13/h1,4,7,11-14H,2-3,5-6,8-9H2.